The Balaban J connectivity index is 0.948. The molecule has 0 aliphatic carbocycles. The predicted molar refractivity (Wildman–Crippen MR) is 282 cm³/mol. The van der Waals surface area contributed by atoms with Crippen LogP contribution < -0.4 is 4.74 Å². The van der Waals surface area contributed by atoms with Gasteiger partial charge in [-0.1, -0.05) is 124 Å². The normalized spacial score (nSPS) is 12.7. The van der Waals surface area contributed by atoms with Crippen molar-refractivity contribution in [3.05, 3.63) is 137 Å². The van der Waals surface area contributed by atoms with E-state index in [1.54, 1.807) is 0 Å². The maximum Gasteiger partial charge on any atom is 0.306 e. The zero-order valence-corrected chi connectivity index (χ0v) is 44.0. The van der Waals surface area contributed by atoms with Crippen LogP contribution in [0.5, 0.6) is 5.75 Å². The molecular formula is C57H82O14S. The molecule has 4 rings (SSSR count). The van der Waals surface area contributed by atoms with E-state index in [2.05, 4.69) is 137 Å². The van der Waals surface area contributed by atoms with Gasteiger partial charge in [0.05, 0.1) is 152 Å². The molecule has 4 aromatic rings. The Bertz CT molecular complexity index is 1840. The summed E-state index contributed by atoms with van der Waals surface area (Å²) in [4.78, 5) is 11.2. The highest BCUT2D eigenvalue weighted by Gasteiger charge is 2.25. The zero-order chi connectivity index (χ0) is 50.9. The van der Waals surface area contributed by atoms with Gasteiger partial charge in [-0.25, -0.2) is 0 Å². The van der Waals surface area contributed by atoms with Crippen LogP contribution in [0.3, 0.4) is 0 Å². The van der Waals surface area contributed by atoms with E-state index in [9.17, 15) is 4.79 Å². The molecule has 0 radical (unpaired) electrons. The van der Waals surface area contributed by atoms with E-state index >= 15 is 0 Å². The Morgan fingerprint density at radius 2 is 0.625 bits per heavy atom. The first-order chi connectivity index (χ1) is 35.5. The second-order valence-corrected chi connectivity index (χ2v) is 17.2. The molecule has 3 unspecified atom stereocenters. The summed E-state index contributed by atoms with van der Waals surface area (Å²) in [6, 6.07) is 36.7. The van der Waals surface area contributed by atoms with E-state index in [1.165, 1.54) is 33.4 Å². The Kier molecular flexibility index (Phi) is 34.1. The lowest BCUT2D eigenvalue weighted by atomic mass is 9.81. The molecule has 0 N–H and O–H groups in total. The molecule has 0 spiro atoms. The quantitative estimate of drug-likeness (QED) is 0.0257. The number of esters is 1. The predicted octanol–water partition coefficient (Wildman–Crippen LogP) is 8.57. The van der Waals surface area contributed by atoms with Gasteiger partial charge in [-0.05, 0) is 22.3 Å². The summed E-state index contributed by atoms with van der Waals surface area (Å²) in [6.45, 7) is 17.8. The van der Waals surface area contributed by atoms with Gasteiger partial charge in [0.15, 0.2) is 0 Å². The topological polar surface area (TPSA) is 137 Å². The lowest BCUT2D eigenvalue weighted by molar-refractivity contribution is -0.144. The number of ether oxygens (including phenoxy) is 13. The van der Waals surface area contributed by atoms with E-state index in [4.69, 9.17) is 61.6 Å². The van der Waals surface area contributed by atoms with Gasteiger partial charge < -0.3 is 61.6 Å². The van der Waals surface area contributed by atoms with Gasteiger partial charge in [-0.3, -0.25) is 4.79 Å². The molecule has 0 saturated carbocycles. The van der Waals surface area contributed by atoms with Crippen molar-refractivity contribution in [2.45, 2.75) is 44.9 Å². The van der Waals surface area contributed by atoms with Crippen molar-refractivity contribution in [1.82, 2.24) is 0 Å². The van der Waals surface area contributed by atoms with Crippen LogP contribution in [0.15, 0.2) is 103 Å². The summed E-state index contributed by atoms with van der Waals surface area (Å²) in [7, 11) is 0. The van der Waals surface area contributed by atoms with Crippen LogP contribution in [0.25, 0.3) is 0 Å². The average Bonchev–Trinajstić information content (AvgIpc) is 3.41. The standard InChI is InChI=1S/C57H82O14S/c1-47(50-13-7-4-8-14-50)53-45-54(48(2)51-15-9-5-10-16-51)57(55(46-53)49(3)52-17-11-6-12-18-52)71-43-41-69-39-37-67-35-33-65-31-29-63-27-25-61-23-21-59-20-22-60-24-26-62-28-30-64-32-34-66-36-38-68-40-42-70-56(58)19-44-72/h4-18,45-49,72H,19-44H2,1-3H3. The molecule has 15 heteroatoms. The van der Waals surface area contributed by atoms with Crippen LogP contribution in [0, 0.1) is 0 Å². The molecule has 0 amide bonds. The number of rotatable bonds is 45. The highest BCUT2D eigenvalue weighted by atomic mass is 32.1. The van der Waals surface area contributed by atoms with Gasteiger partial charge in [-0.15, -0.1) is 0 Å². The molecule has 14 nitrogen and oxygen atoms in total. The maximum atomic E-state index is 11.2. The van der Waals surface area contributed by atoms with E-state index in [-0.39, 0.29) is 30.3 Å². The fourth-order valence-electron chi connectivity index (χ4n) is 7.42. The fourth-order valence-corrected chi connectivity index (χ4v) is 7.60. The summed E-state index contributed by atoms with van der Waals surface area (Å²) in [5, 5.41) is 0. The van der Waals surface area contributed by atoms with E-state index in [0.29, 0.717) is 164 Å². The zero-order valence-electron chi connectivity index (χ0n) is 43.1. The molecule has 0 aliphatic heterocycles. The number of hydrogen-bond donors (Lipinski definition) is 1. The second kappa shape index (κ2) is 40.4. The fraction of sp³-hybridized carbons (Fsp3) is 0.561. The third-order valence-corrected chi connectivity index (χ3v) is 11.7. The van der Waals surface area contributed by atoms with Crippen molar-refractivity contribution in [3.63, 3.8) is 0 Å². The Morgan fingerprint density at radius 3 is 0.917 bits per heavy atom. The third-order valence-electron chi connectivity index (χ3n) is 11.5. The van der Waals surface area contributed by atoms with Crippen molar-refractivity contribution in [2.24, 2.45) is 0 Å². The minimum Gasteiger partial charge on any atom is -0.491 e. The molecule has 4 aromatic carbocycles. The second-order valence-electron chi connectivity index (χ2n) is 16.7. The molecule has 0 bridgehead atoms. The van der Waals surface area contributed by atoms with Crippen LogP contribution >= 0.6 is 12.6 Å². The molecule has 0 fully saturated rings. The van der Waals surface area contributed by atoms with E-state index < -0.39 is 0 Å². The highest BCUT2D eigenvalue weighted by Crippen LogP contribution is 2.42. The minimum absolute atomic E-state index is 0.119. The molecule has 0 aromatic heterocycles. The number of thiol groups is 1. The summed E-state index contributed by atoms with van der Waals surface area (Å²) in [5.74, 6) is 1.59. The number of carbonyl (C=O) groups is 1. The molecule has 0 aliphatic rings. The molecule has 0 heterocycles. The largest absolute Gasteiger partial charge is 0.491 e. The van der Waals surface area contributed by atoms with E-state index in [0.717, 1.165) is 5.75 Å². The summed E-state index contributed by atoms with van der Waals surface area (Å²) in [5.41, 5.74) is 7.41. The number of benzene rings is 4. The van der Waals surface area contributed by atoms with Crippen molar-refractivity contribution in [3.8, 4) is 5.75 Å². The summed E-state index contributed by atoms with van der Waals surface area (Å²) >= 11 is 3.98. The first-order valence-electron chi connectivity index (χ1n) is 25.6. The van der Waals surface area contributed by atoms with Crippen LogP contribution in [0.4, 0.5) is 0 Å². The van der Waals surface area contributed by atoms with Gasteiger partial charge in [-0.2, -0.15) is 12.6 Å². The third kappa shape index (κ3) is 26.3. The monoisotopic (exact) mass is 1020 g/mol. The lowest BCUT2D eigenvalue weighted by Gasteiger charge is -2.26. The lowest BCUT2D eigenvalue weighted by Crippen LogP contribution is -2.16. The Morgan fingerprint density at radius 1 is 0.361 bits per heavy atom. The van der Waals surface area contributed by atoms with Crippen LogP contribution in [0.1, 0.15) is 78.3 Å². The number of hydrogen-bond acceptors (Lipinski definition) is 15. The molecule has 3 atom stereocenters. The average molecular weight is 1020 g/mol. The molecule has 72 heavy (non-hydrogen) atoms. The minimum atomic E-state index is -0.267. The smallest absolute Gasteiger partial charge is 0.306 e. The van der Waals surface area contributed by atoms with E-state index in [1.807, 2.05) is 0 Å². The molecule has 400 valence electrons. The van der Waals surface area contributed by atoms with Crippen LogP contribution in [-0.4, -0.2) is 170 Å². The Hall–Kier alpha value is -3.94. The summed E-state index contributed by atoms with van der Waals surface area (Å²) < 4.78 is 73.1. The SMILES string of the molecule is CC(c1ccccc1)c1cc(C(C)c2ccccc2)c(OCCOCCOCCOCCOCCOCCOCCOCCOCCOCCOCCOCCOC(=O)CCS)c(C(C)c2ccccc2)c1. The van der Waals surface area contributed by atoms with Gasteiger partial charge in [0.2, 0.25) is 0 Å². The molecule has 0 saturated heterocycles. The maximum absolute atomic E-state index is 11.2. The van der Waals surface area contributed by atoms with Gasteiger partial charge in [0.1, 0.15) is 19.0 Å². The van der Waals surface area contributed by atoms with Gasteiger partial charge in [0, 0.05) is 34.6 Å². The number of carbonyl (C=O) groups excluding carboxylic acids is 1. The highest BCUT2D eigenvalue weighted by molar-refractivity contribution is 7.80. The van der Waals surface area contributed by atoms with Gasteiger partial charge in [0.25, 0.3) is 0 Å². The van der Waals surface area contributed by atoms with Crippen molar-refractivity contribution < 1.29 is 66.4 Å². The first-order valence-corrected chi connectivity index (χ1v) is 26.2. The first kappa shape index (κ1) is 60.6. The van der Waals surface area contributed by atoms with Crippen LogP contribution in [0.2, 0.25) is 0 Å². The van der Waals surface area contributed by atoms with Gasteiger partial charge >= 0.3 is 5.97 Å². The van der Waals surface area contributed by atoms with Crippen LogP contribution in [-0.2, 0) is 61.6 Å². The van der Waals surface area contributed by atoms with Crippen molar-refractivity contribution >= 4 is 18.6 Å². The van der Waals surface area contributed by atoms with Crippen molar-refractivity contribution in [1.29, 1.82) is 0 Å². The van der Waals surface area contributed by atoms with Crippen molar-refractivity contribution in [2.75, 3.05) is 164 Å². The Labute approximate surface area is 434 Å². The summed E-state index contributed by atoms with van der Waals surface area (Å²) in [6.07, 6.45) is 0.301. The molecular weight excluding hydrogens is 941 g/mol.